The second kappa shape index (κ2) is 5.20. The van der Waals surface area contributed by atoms with Crippen molar-refractivity contribution in [2.24, 2.45) is 5.41 Å². The molecule has 2 heterocycles. The van der Waals surface area contributed by atoms with E-state index in [4.69, 9.17) is 4.98 Å². The Morgan fingerprint density at radius 1 is 1.21 bits per heavy atom. The molecule has 24 heavy (non-hydrogen) atoms. The minimum Gasteiger partial charge on any atom is -0.356 e. The van der Waals surface area contributed by atoms with E-state index in [1.165, 1.54) is 25.7 Å². The Hall–Kier alpha value is -2.10. The maximum atomic E-state index is 12.7. The fourth-order valence-electron chi connectivity index (χ4n) is 3.99. The molecular weight excluding hydrogens is 298 g/mol. The number of hydrogen-bond donors (Lipinski definition) is 1. The van der Waals surface area contributed by atoms with E-state index in [1.807, 2.05) is 30.3 Å². The summed E-state index contributed by atoms with van der Waals surface area (Å²) in [7, 11) is 0. The van der Waals surface area contributed by atoms with E-state index in [-0.39, 0.29) is 5.91 Å². The number of nitrogens with zero attached hydrogens (tertiary/aromatic N) is 2. The number of piperidine rings is 1. The van der Waals surface area contributed by atoms with Gasteiger partial charge in [0.15, 0.2) is 0 Å². The summed E-state index contributed by atoms with van der Waals surface area (Å²) in [6, 6.07) is 10.4. The molecule has 0 atom stereocenters. The number of para-hydroxylation sites is 1. The number of hydrogen-bond acceptors (Lipinski definition) is 3. The number of benzene rings is 1. The molecule has 1 spiro atoms. The third-order valence-corrected chi connectivity index (χ3v) is 5.80. The zero-order valence-electron chi connectivity index (χ0n) is 13.9. The van der Waals surface area contributed by atoms with Crippen LogP contribution in [0.2, 0.25) is 0 Å². The van der Waals surface area contributed by atoms with Gasteiger partial charge in [-0.05, 0) is 56.1 Å². The first-order valence-electron chi connectivity index (χ1n) is 9.18. The predicted octanol–water partition coefficient (Wildman–Crippen LogP) is 3.51. The largest absolute Gasteiger partial charge is 0.356 e. The van der Waals surface area contributed by atoms with Crippen LogP contribution in [0.5, 0.6) is 0 Å². The van der Waals surface area contributed by atoms with Crippen molar-refractivity contribution in [1.82, 2.24) is 10.3 Å². The number of carbonyl (C=O) groups excluding carboxylic acids is 1. The summed E-state index contributed by atoms with van der Waals surface area (Å²) in [6.45, 7) is 2.15. The molecule has 124 valence electrons. The van der Waals surface area contributed by atoms with Crippen molar-refractivity contribution in [1.29, 1.82) is 0 Å². The Kier molecular flexibility index (Phi) is 3.09. The average Bonchev–Trinajstić information content (AvgIpc) is 3.53. The van der Waals surface area contributed by atoms with Gasteiger partial charge in [-0.3, -0.25) is 4.79 Å². The van der Waals surface area contributed by atoms with Crippen molar-refractivity contribution in [3.05, 3.63) is 35.9 Å². The molecule has 4 nitrogen and oxygen atoms in total. The highest BCUT2D eigenvalue weighted by atomic mass is 16.1. The summed E-state index contributed by atoms with van der Waals surface area (Å²) >= 11 is 0. The molecule has 5 rings (SSSR count). The van der Waals surface area contributed by atoms with E-state index in [9.17, 15) is 4.79 Å². The Bertz CT molecular complexity index is 808. The third-order valence-electron chi connectivity index (χ3n) is 5.80. The fourth-order valence-corrected chi connectivity index (χ4v) is 3.99. The van der Waals surface area contributed by atoms with Gasteiger partial charge in [0, 0.05) is 24.5 Å². The van der Waals surface area contributed by atoms with Crippen molar-refractivity contribution in [3.8, 4) is 0 Å². The number of anilines is 1. The molecule has 3 aliphatic rings. The second-order valence-corrected chi connectivity index (χ2v) is 7.82. The van der Waals surface area contributed by atoms with E-state index < -0.39 is 0 Å². The standard InChI is InChI=1S/C20H23N3O/c24-19(21-14-6-7-14)16-12-18(22-17-5-2-1-4-15(16)17)23-11-3-8-20(13-23)9-10-20/h1-2,4-5,12,14H,3,6-11,13H2,(H,21,24). The molecule has 2 saturated carbocycles. The van der Waals surface area contributed by atoms with E-state index in [0.717, 1.165) is 48.2 Å². The molecule has 1 aromatic carbocycles. The summed E-state index contributed by atoms with van der Waals surface area (Å²) < 4.78 is 0. The molecule has 1 amide bonds. The summed E-state index contributed by atoms with van der Waals surface area (Å²) in [5.41, 5.74) is 2.24. The number of pyridine rings is 1. The molecular formula is C20H23N3O. The molecule has 1 saturated heterocycles. The highest BCUT2D eigenvalue weighted by molar-refractivity contribution is 6.07. The van der Waals surface area contributed by atoms with Crippen LogP contribution in [0.4, 0.5) is 5.82 Å². The predicted molar refractivity (Wildman–Crippen MR) is 95.3 cm³/mol. The van der Waals surface area contributed by atoms with Crippen LogP contribution in [-0.4, -0.2) is 30.0 Å². The lowest BCUT2D eigenvalue weighted by Gasteiger charge is -2.34. The summed E-state index contributed by atoms with van der Waals surface area (Å²) in [5, 5.41) is 4.09. The summed E-state index contributed by atoms with van der Waals surface area (Å²) in [5.74, 6) is 1.02. The molecule has 2 aliphatic carbocycles. The molecule has 1 N–H and O–H groups in total. The zero-order chi connectivity index (χ0) is 16.1. The van der Waals surface area contributed by atoms with Crippen molar-refractivity contribution in [2.45, 2.75) is 44.6 Å². The van der Waals surface area contributed by atoms with Crippen molar-refractivity contribution in [2.75, 3.05) is 18.0 Å². The number of rotatable bonds is 3. The molecule has 0 unspecified atom stereocenters. The minimum atomic E-state index is 0.0514. The van der Waals surface area contributed by atoms with Crippen LogP contribution >= 0.6 is 0 Å². The first kappa shape index (κ1) is 14.3. The van der Waals surface area contributed by atoms with Crippen molar-refractivity contribution >= 4 is 22.6 Å². The number of fused-ring (bicyclic) bond motifs is 1. The Balaban J connectivity index is 1.54. The Morgan fingerprint density at radius 3 is 2.83 bits per heavy atom. The number of carbonyl (C=O) groups is 1. The molecule has 2 aromatic rings. The van der Waals surface area contributed by atoms with Gasteiger partial charge in [0.1, 0.15) is 5.82 Å². The monoisotopic (exact) mass is 321 g/mol. The van der Waals surface area contributed by atoms with Gasteiger partial charge < -0.3 is 10.2 Å². The van der Waals surface area contributed by atoms with Gasteiger partial charge in [-0.1, -0.05) is 18.2 Å². The minimum absolute atomic E-state index is 0.0514. The lowest BCUT2D eigenvalue weighted by Crippen LogP contribution is -2.37. The van der Waals surface area contributed by atoms with E-state index in [1.54, 1.807) is 0 Å². The SMILES string of the molecule is O=C(NC1CC1)c1cc(N2CCCC3(CC3)C2)nc2ccccc12. The third kappa shape index (κ3) is 2.54. The maximum absolute atomic E-state index is 12.7. The van der Waals surface area contributed by atoms with Crippen LogP contribution in [0.15, 0.2) is 30.3 Å². The number of aromatic nitrogens is 1. The van der Waals surface area contributed by atoms with E-state index >= 15 is 0 Å². The van der Waals surface area contributed by atoms with E-state index in [0.29, 0.717) is 11.5 Å². The fraction of sp³-hybridized carbons (Fsp3) is 0.500. The van der Waals surface area contributed by atoms with Crippen LogP contribution in [0.1, 0.15) is 48.9 Å². The van der Waals surface area contributed by atoms with Gasteiger partial charge in [-0.15, -0.1) is 0 Å². The van der Waals surface area contributed by atoms with Crippen molar-refractivity contribution in [3.63, 3.8) is 0 Å². The van der Waals surface area contributed by atoms with Crippen LogP contribution in [0, 0.1) is 5.41 Å². The van der Waals surface area contributed by atoms with Gasteiger partial charge in [-0.2, -0.15) is 0 Å². The maximum Gasteiger partial charge on any atom is 0.252 e. The van der Waals surface area contributed by atoms with Crippen LogP contribution in [0.3, 0.4) is 0 Å². The molecule has 1 aliphatic heterocycles. The first-order valence-corrected chi connectivity index (χ1v) is 9.18. The average molecular weight is 321 g/mol. The molecule has 0 bridgehead atoms. The van der Waals surface area contributed by atoms with Gasteiger partial charge >= 0.3 is 0 Å². The van der Waals surface area contributed by atoms with Crippen molar-refractivity contribution < 1.29 is 4.79 Å². The van der Waals surface area contributed by atoms with Gasteiger partial charge in [0.25, 0.3) is 5.91 Å². The summed E-state index contributed by atoms with van der Waals surface area (Å²) in [4.78, 5) is 20.0. The van der Waals surface area contributed by atoms with Gasteiger partial charge in [-0.25, -0.2) is 4.98 Å². The second-order valence-electron chi connectivity index (χ2n) is 7.82. The lowest BCUT2D eigenvalue weighted by atomic mass is 9.95. The Labute approximate surface area is 142 Å². The number of amides is 1. The highest BCUT2D eigenvalue weighted by Crippen LogP contribution is 2.52. The topological polar surface area (TPSA) is 45.2 Å². The first-order chi connectivity index (χ1) is 11.7. The number of nitrogens with one attached hydrogen (secondary N) is 1. The van der Waals surface area contributed by atoms with Gasteiger partial charge in [0.05, 0.1) is 11.1 Å². The highest BCUT2D eigenvalue weighted by Gasteiger charge is 2.45. The van der Waals surface area contributed by atoms with Crippen LogP contribution in [0.25, 0.3) is 10.9 Å². The molecule has 3 fully saturated rings. The normalized spacial score (nSPS) is 21.9. The molecule has 1 aromatic heterocycles. The van der Waals surface area contributed by atoms with Crippen LogP contribution < -0.4 is 10.2 Å². The van der Waals surface area contributed by atoms with E-state index in [2.05, 4.69) is 10.2 Å². The zero-order valence-corrected chi connectivity index (χ0v) is 13.9. The Morgan fingerprint density at radius 2 is 2.04 bits per heavy atom. The lowest BCUT2D eigenvalue weighted by molar-refractivity contribution is 0.0952. The summed E-state index contributed by atoms with van der Waals surface area (Å²) in [6.07, 6.45) is 7.51. The molecule has 4 heteroatoms. The van der Waals surface area contributed by atoms with Crippen LogP contribution in [-0.2, 0) is 0 Å². The smallest absolute Gasteiger partial charge is 0.252 e. The molecule has 0 radical (unpaired) electrons. The van der Waals surface area contributed by atoms with Gasteiger partial charge in [0.2, 0.25) is 0 Å². The quantitative estimate of drug-likeness (QED) is 0.941.